The highest BCUT2D eigenvalue weighted by Crippen LogP contribution is 2.14. The molecular formula is C11H7FN2. The van der Waals surface area contributed by atoms with Gasteiger partial charge in [-0.05, 0) is 18.6 Å². The Labute approximate surface area is 81.5 Å². The van der Waals surface area contributed by atoms with Crippen LogP contribution in [-0.2, 0) is 0 Å². The van der Waals surface area contributed by atoms with E-state index >= 15 is 0 Å². The average Bonchev–Trinajstić information content (AvgIpc) is 2.20. The molecule has 0 radical (unpaired) electrons. The fourth-order valence-electron chi connectivity index (χ4n) is 1.03. The maximum absolute atomic E-state index is 13.4. The first kappa shape index (κ1) is 9.95. The van der Waals surface area contributed by atoms with Crippen molar-refractivity contribution >= 4 is 6.08 Å². The van der Waals surface area contributed by atoms with Crippen molar-refractivity contribution in [3.8, 4) is 12.1 Å². The molecule has 0 atom stereocenters. The van der Waals surface area contributed by atoms with Gasteiger partial charge < -0.3 is 0 Å². The Balaban J connectivity index is 3.24. The maximum Gasteiger partial charge on any atom is 0.133 e. The molecule has 0 aromatic heterocycles. The van der Waals surface area contributed by atoms with Crippen LogP contribution in [0.3, 0.4) is 0 Å². The van der Waals surface area contributed by atoms with Gasteiger partial charge in [0.25, 0.3) is 0 Å². The van der Waals surface area contributed by atoms with E-state index in [9.17, 15) is 4.39 Å². The molecule has 0 aliphatic rings. The smallest absolute Gasteiger partial charge is 0.133 e. The van der Waals surface area contributed by atoms with Crippen LogP contribution < -0.4 is 0 Å². The van der Waals surface area contributed by atoms with Gasteiger partial charge in [0, 0.05) is 5.56 Å². The molecule has 0 heterocycles. The summed E-state index contributed by atoms with van der Waals surface area (Å²) in [6, 6.07) is 8.19. The largest absolute Gasteiger partial charge is 0.206 e. The Morgan fingerprint density at radius 1 is 1.36 bits per heavy atom. The molecule has 3 heteroatoms. The fraction of sp³-hybridized carbons (Fsp3) is 0.0909. The first-order valence-corrected chi connectivity index (χ1v) is 3.96. The second kappa shape index (κ2) is 4.20. The summed E-state index contributed by atoms with van der Waals surface area (Å²) < 4.78 is 13.4. The molecule has 0 saturated carbocycles. The quantitative estimate of drug-likeness (QED) is 0.633. The molecule has 2 nitrogen and oxygen atoms in total. The zero-order chi connectivity index (χ0) is 10.6. The molecule has 1 rings (SSSR count). The number of aryl methyl sites for hydroxylation is 1. The number of allylic oxidation sites excluding steroid dienone is 1. The van der Waals surface area contributed by atoms with Crippen LogP contribution >= 0.6 is 0 Å². The van der Waals surface area contributed by atoms with Gasteiger partial charge >= 0.3 is 0 Å². The molecule has 1 aromatic carbocycles. The second-order valence-corrected chi connectivity index (χ2v) is 2.76. The van der Waals surface area contributed by atoms with E-state index < -0.39 is 5.82 Å². The van der Waals surface area contributed by atoms with Crippen LogP contribution in [0.2, 0.25) is 0 Å². The summed E-state index contributed by atoms with van der Waals surface area (Å²) >= 11 is 0. The topological polar surface area (TPSA) is 47.6 Å². The summed E-state index contributed by atoms with van der Waals surface area (Å²) in [5.41, 5.74) is 0.659. The van der Waals surface area contributed by atoms with E-state index in [1.165, 1.54) is 12.1 Å². The first-order chi connectivity index (χ1) is 6.69. The number of nitriles is 2. The minimum Gasteiger partial charge on any atom is -0.206 e. The van der Waals surface area contributed by atoms with Gasteiger partial charge in [-0.1, -0.05) is 18.2 Å². The second-order valence-electron chi connectivity index (χ2n) is 2.76. The molecule has 1 aromatic rings. The van der Waals surface area contributed by atoms with E-state index in [0.717, 1.165) is 0 Å². The lowest BCUT2D eigenvalue weighted by Gasteiger charge is -1.99. The third-order valence-corrected chi connectivity index (χ3v) is 1.76. The molecule has 0 amide bonds. The predicted molar refractivity (Wildman–Crippen MR) is 50.3 cm³/mol. The third kappa shape index (κ3) is 1.97. The van der Waals surface area contributed by atoms with Crippen molar-refractivity contribution < 1.29 is 4.39 Å². The highest BCUT2D eigenvalue weighted by atomic mass is 19.1. The molecule has 14 heavy (non-hydrogen) atoms. The lowest BCUT2D eigenvalue weighted by Crippen LogP contribution is -1.87. The summed E-state index contributed by atoms with van der Waals surface area (Å²) in [7, 11) is 0. The minimum absolute atomic E-state index is 0.102. The Morgan fingerprint density at radius 2 is 2.00 bits per heavy atom. The number of hydrogen-bond donors (Lipinski definition) is 0. The highest BCUT2D eigenvalue weighted by Gasteiger charge is 2.03. The van der Waals surface area contributed by atoms with Gasteiger partial charge in [-0.15, -0.1) is 0 Å². The molecule has 0 unspecified atom stereocenters. The van der Waals surface area contributed by atoms with Gasteiger partial charge in [-0.3, -0.25) is 0 Å². The van der Waals surface area contributed by atoms with E-state index in [1.54, 1.807) is 31.2 Å². The molecule has 0 spiro atoms. The Morgan fingerprint density at radius 3 is 2.57 bits per heavy atom. The van der Waals surface area contributed by atoms with Crippen molar-refractivity contribution in [3.05, 3.63) is 40.7 Å². The van der Waals surface area contributed by atoms with Crippen LogP contribution in [0.4, 0.5) is 4.39 Å². The van der Waals surface area contributed by atoms with Crippen LogP contribution in [0.5, 0.6) is 0 Å². The van der Waals surface area contributed by atoms with Gasteiger partial charge in [0.05, 0.1) is 0 Å². The van der Waals surface area contributed by atoms with Crippen molar-refractivity contribution in [1.82, 2.24) is 0 Å². The summed E-state index contributed by atoms with van der Waals surface area (Å²) in [6.07, 6.45) is 1.24. The monoisotopic (exact) mass is 186 g/mol. The van der Waals surface area contributed by atoms with Crippen LogP contribution in [0.15, 0.2) is 23.8 Å². The van der Waals surface area contributed by atoms with Gasteiger partial charge in [-0.25, -0.2) is 4.39 Å². The lowest BCUT2D eigenvalue weighted by atomic mass is 10.1. The fourth-order valence-corrected chi connectivity index (χ4v) is 1.03. The predicted octanol–water partition coefficient (Wildman–Crippen LogP) is 2.56. The van der Waals surface area contributed by atoms with Crippen molar-refractivity contribution in [1.29, 1.82) is 10.5 Å². The van der Waals surface area contributed by atoms with Crippen LogP contribution in [0.25, 0.3) is 6.08 Å². The van der Waals surface area contributed by atoms with Crippen molar-refractivity contribution in [2.45, 2.75) is 6.92 Å². The Hall–Kier alpha value is -2.13. The van der Waals surface area contributed by atoms with E-state index in [4.69, 9.17) is 10.5 Å². The summed E-state index contributed by atoms with van der Waals surface area (Å²) in [5.74, 6) is -0.393. The van der Waals surface area contributed by atoms with Gasteiger partial charge in [0.1, 0.15) is 23.5 Å². The maximum atomic E-state index is 13.4. The normalized spacial score (nSPS) is 8.57. The average molecular weight is 186 g/mol. The van der Waals surface area contributed by atoms with Crippen molar-refractivity contribution in [2.75, 3.05) is 0 Å². The molecular weight excluding hydrogens is 179 g/mol. The minimum atomic E-state index is -0.393. The molecule has 0 aliphatic carbocycles. The number of benzene rings is 1. The third-order valence-electron chi connectivity index (χ3n) is 1.76. The van der Waals surface area contributed by atoms with Gasteiger partial charge in [0.2, 0.25) is 0 Å². The molecule has 0 fully saturated rings. The summed E-state index contributed by atoms with van der Waals surface area (Å²) in [5, 5.41) is 17.0. The molecule has 0 saturated heterocycles. The molecule has 0 N–H and O–H groups in total. The Bertz CT molecular complexity index is 445. The molecule has 68 valence electrons. The van der Waals surface area contributed by atoms with E-state index in [0.29, 0.717) is 5.56 Å². The van der Waals surface area contributed by atoms with Gasteiger partial charge in [-0.2, -0.15) is 10.5 Å². The number of rotatable bonds is 1. The van der Waals surface area contributed by atoms with E-state index in [1.807, 2.05) is 0 Å². The van der Waals surface area contributed by atoms with E-state index in [-0.39, 0.29) is 11.1 Å². The van der Waals surface area contributed by atoms with Crippen molar-refractivity contribution in [2.24, 2.45) is 0 Å². The zero-order valence-electron chi connectivity index (χ0n) is 7.58. The standard InChI is InChI=1S/C11H7FN2/c1-8-3-2-4-10(11(8)12)5-9(6-13)7-14/h2-5H,1H3. The van der Waals surface area contributed by atoms with Gasteiger partial charge in [0.15, 0.2) is 0 Å². The number of halogens is 1. The van der Waals surface area contributed by atoms with Crippen LogP contribution in [-0.4, -0.2) is 0 Å². The summed E-state index contributed by atoms with van der Waals surface area (Å²) in [6.45, 7) is 1.63. The van der Waals surface area contributed by atoms with Crippen molar-refractivity contribution in [3.63, 3.8) is 0 Å². The number of hydrogen-bond acceptors (Lipinski definition) is 2. The Kier molecular flexibility index (Phi) is 2.99. The first-order valence-electron chi connectivity index (χ1n) is 3.96. The van der Waals surface area contributed by atoms with E-state index in [2.05, 4.69) is 0 Å². The SMILES string of the molecule is Cc1cccc(C=C(C#N)C#N)c1F. The lowest BCUT2D eigenvalue weighted by molar-refractivity contribution is 0.616. The molecule has 0 aliphatic heterocycles. The van der Waals surface area contributed by atoms with Crippen LogP contribution in [0, 0.1) is 35.4 Å². The van der Waals surface area contributed by atoms with Crippen LogP contribution in [0.1, 0.15) is 11.1 Å². The number of nitrogens with zero attached hydrogens (tertiary/aromatic N) is 2. The molecule has 0 bridgehead atoms. The summed E-state index contributed by atoms with van der Waals surface area (Å²) in [4.78, 5) is 0. The highest BCUT2D eigenvalue weighted by molar-refractivity contribution is 5.62. The zero-order valence-corrected chi connectivity index (χ0v) is 7.58.